The summed E-state index contributed by atoms with van der Waals surface area (Å²) < 4.78 is 0. The van der Waals surface area contributed by atoms with Crippen molar-refractivity contribution in [2.24, 2.45) is 10.8 Å². The number of halogens is 2. The third-order valence-electron chi connectivity index (χ3n) is 9.85. The lowest BCUT2D eigenvalue weighted by Gasteiger charge is -2.48. The predicted molar refractivity (Wildman–Crippen MR) is 185 cm³/mol. The first-order valence-electron chi connectivity index (χ1n) is 15.3. The molecule has 0 spiro atoms. The summed E-state index contributed by atoms with van der Waals surface area (Å²) in [6, 6.07) is 14.0. The molecule has 0 aromatic heterocycles. The van der Waals surface area contributed by atoms with E-state index in [9.17, 15) is 19.2 Å². The van der Waals surface area contributed by atoms with Gasteiger partial charge in [0.05, 0.1) is 13.1 Å². The number of nitrogens with zero attached hydrogens (tertiary/aromatic N) is 4. The Hall–Kier alpha value is -4.76. The van der Waals surface area contributed by atoms with Crippen LogP contribution in [0.3, 0.4) is 0 Å². The fourth-order valence-corrected chi connectivity index (χ4v) is 7.55. The van der Waals surface area contributed by atoms with E-state index in [0.717, 1.165) is 22.3 Å². The number of benzene rings is 2. The number of likely N-dealkylation sites (N-methyl/N-ethyl adjacent to an activating group) is 2. The average Bonchev–Trinajstić information content (AvgIpc) is 3.05. The highest BCUT2D eigenvalue weighted by Crippen LogP contribution is 2.53. The Balaban J connectivity index is 0.000000188. The van der Waals surface area contributed by atoms with Gasteiger partial charge in [-0.2, -0.15) is 0 Å². The summed E-state index contributed by atoms with van der Waals surface area (Å²) >= 11 is 12.0. The van der Waals surface area contributed by atoms with Gasteiger partial charge >= 0.3 is 0 Å². The molecule has 0 fully saturated rings. The van der Waals surface area contributed by atoms with Gasteiger partial charge in [0.25, 0.3) is 0 Å². The van der Waals surface area contributed by atoms with Crippen LogP contribution >= 0.6 is 23.2 Å². The third-order valence-corrected chi connectivity index (χ3v) is 10.4. The van der Waals surface area contributed by atoms with E-state index < -0.39 is 21.7 Å². The fourth-order valence-electron chi connectivity index (χ4n) is 7.29. The van der Waals surface area contributed by atoms with Crippen LogP contribution in [0.5, 0.6) is 0 Å². The molecule has 0 saturated heterocycles. The molecule has 10 heteroatoms. The molecule has 2 heterocycles. The SMILES string of the molecule is [C-]#[N+]C1=C[C@@]2(c3ccc(Cl)cc3)C(=O)N(C)CC=C2C(C)(C)C1=O.[C-]#[N+]C1=C[C@]2(c3ccc(Cl)cc3)C(=O)N(C)CC=C2C(C)(C)C1=O. The van der Waals surface area contributed by atoms with Gasteiger partial charge in [-0.25, -0.2) is 9.69 Å². The first-order valence-corrected chi connectivity index (χ1v) is 16.0. The Morgan fingerprint density at radius 3 is 1.21 bits per heavy atom. The minimum atomic E-state index is -1.13. The molecule has 2 amide bonds. The number of fused-ring (bicyclic) bond motifs is 2. The van der Waals surface area contributed by atoms with Crippen LogP contribution < -0.4 is 0 Å². The molecule has 2 aliphatic carbocycles. The molecule has 8 nitrogen and oxygen atoms in total. The van der Waals surface area contributed by atoms with Crippen molar-refractivity contribution in [1.29, 1.82) is 0 Å². The molecule has 2 aromatic rings. The van der Waals surface area contributed by atoms with Crippen molar-refractivity contribution in [3.05, 3.63) is 139 Å². The van der Waals surface area contributed by atoms with Gasteiger partial charge in [-0.3, -0.25) is 9.59 Å². The largest absolute Gasteiger partial charge is 0.341 e. The Labute approximate surface area is 290 Å². The number of carbonyl (C=O) groups is 4. The second-order valence-corrected chi connectivity index (χ2v) is 14.3. The summed E-state index contributed by atoms with van der Waals surface area (Å²) in [6.07, 6.45) is 6.93. The highest BCUT2D eigenvalue weighted by Gasteiger charge is 2.57. The van der Waals surface area contributed by atoms with Crippen LogP contribution in [0, 0.1) is 24.0 Å². The number of ketones is 2. The normalized spacial score (nSPS) is 25.5. The number of hydrogen-bond acceptors (Lipinski definition) is 4. The van der Waals surface area contributed by atoms with Crippen molar-refractivity contribution in [1.82, 2.24) is 9.80 Å². The molecule has 0 bridgehead atoms. The summed E-state index contributed by atoms with van der Waals surface area (Å²) in [5, 5.41) is 1.13. The molecular weight excluding hydrogens is 647 g/mol. The quantitative estimate of drug-likeness (QED) is 0.259. The Kier molecular flexibility index (Phi) is 8.67. The topological polar surface area (TPSA) is 83.5 Å². The summed E-state index contributed by atoms with van der Waals surface area (Å²) in [5.74, 6) is -0.760. The predicted octanol–water partition coefficient (Wildman–Crippen LogP) is 6.78. The number of hydrogen-bond donors (Lipinski definition) is 0. The van der Waals surface area contributed by atoms with Crippen molar-refractivity contribution < 1.29 is 19.2 Å². The first kappa shape index (κ1) is 34.6. The number of carbonyl (C=O) groups excluding carboxylic acids is 4. The number of amides is 2. The van der Waals surface area contributed by atoms with Crippen molar-refractivity contribution in [3.63, 3.8) is 0 Å². The van der Waals surface area contributed by atoms with Crippen LogP contribution in [0.1, 0.15) is 38.8 Å². The maximum Gasteiger partial charge on any atom is 0.240 e. The van der Waals surface area contributed by atoms with Gasteiger partial charge in [0, 0.05) is 48.1 Å². The van der Waals surface area contributed by atoms with Crippen LogP contribution in [0.4, 0.5) is 0 Å². The molecular formula is C38H34Cl2N4O4. The molecule has 0 N–H and O–H groups in total. The Bertz CT molecular complexity index is 1830. The smallest absolute Gasteiger partial charge is 0.240 e. The van der Waals surface area contributed by atoms with E-state index in [4.69, 9.17) is 36.3 Å². The van der Waals surface area contributed by atoms with E-state index in [2.05, 4.69) is 9.69 Å². The van der Waals surface area contributed by atoms with Crippen LogP contribution in [0.25, 0.3) is 9.69 Å². The standard InChI is InChI=1S/2C19H17ClN2O2/c2*1-18(2)15-9-10-22(4)17(24)19(15,11-14(21-3)16(18)23)12-5-7-13(20)8-6-12/h2*5-9,11H,10H2,1-2,4H3/t2*19-/m10/s1. The Morgan fingerprint density at radius 2 is 0.917 bits per heavy atom. The van der Waals surface area contributed by atoms with Gasteiger partial charge in [0.15, 0.2) is 11.6 Å². The number of rotatable bonds is 2. The van der Waals surface area contributed by atoms with E-state index in [1.807, 2.05) is 12.2 Å². The van der Waals surface area contributed by atoms with Crippen LogP contribution in [0.15, 0.2) is 95.4 Å². The Morgan fingerprint density at radius 1 is 0.604 bits per heavy atom. The highest BCUT2D eigenvalue weighted by molar-refractivity contribution is 6.31. The molecule has 2 aliphatic heterocycles. The molecule has 244 valence electrons. The number of Topliss-reactive ketones (excluding diaryl/α,β-unsaturated/α-hetero) is 2. The van der Waals surface area contributed by atoms with Crippen LogP contribution in [-0.4, -0.2) is 60.4 Å². The van der Waals surface area contributed by atoms with Crippen LogP contribution in [0.2, 0.25) is 10.0 Å². The lowest BCUT2D eigenvalue weighted by molar-refractivity contribution is -0.136. The minimum Gasteiger partial charge on any atom is -0.341 e. The van der Waals surface area contributed by atoms with Crippen molar-refractivity contribution in [2.75, 3.05) is 27.2 Å². The summed E-state index contributed by atoms with van der Waals surface area (Å²) in [5.41, 5.74) is -1.16. The molecule has 2 aromatic carbocycles. The molecule has 0 saturated carbocycles. The average molecular weight is 682 g/mol. The maximum absolute atomic E-state index is 13.2. The van der Waals surface area contributed by atoms with Crippen LogP contribution in [-0.2, 0) is 30.0 Å². The van der Waals surface area contributed by atoms with E-state index in [0.29, 0.717) is 23.1 Å². The minimum absolute atomic E-state index is 0.00995. The van der Waals surface area contributed by atoms with Gasteiger partial charge in [0.1, 0.15) is 10.8 Å². The maximum atomic E-state index is 13.2. The van der Waals surface area contributed by atoms with Crippen molar-refractivity contribution in [3.8, 4) is 0 Å². The molecule has 6 rings (SSSR count). The fraction of sp³-hybridized carbons (Fsp3) is 0.316. The van der Waals surface area contributed by atoms with Crippen molar-refractivity contribution in [2.45, 2.75) is 38.5 Å². The summed E-state index contributed by atoms with van der Waals surface area (Å²) in [7, 11) is 3.45. The molecule has 48 heavy (non-hydrogen) atoms. The van der Waals surface area contributed by atoms with Crippen molar-refractivity contribution >= 4 is 46.6 Å². The monoisotopic (exact) mass is 680 g/mol. The molecule has 0 radical (unpaired) electrons. The summed E-state index contributed by atoms with van der Waals surface area (Å²) in [6.45, 7) is 22.8. The van der Waals surface area contributed by atoms with Gasteiger partial charge in [-0.05, 0) is 46.5 Å². The van der Waals surface area contributed by atoms with E-state index in [1.54, 1.807) is 100 Å². The summed E-state index contributed by atoms with van der Waals surface area (Å²) in [4.78, 5) is 61.8. The molecule has 4 aliphatic rings. The first-order chi connectivity index (χ1) is 22.5. The lowest BCUT2D eigenvalue weighted by Crippen LogP contribution is -2.55. The van der Waals surface area contributed by atoms with Gasteiger partial charge in [-0.15, -0.1) is 0 Å². The second-order valence-electron chi connectivity index (χ2n) is 13.4. The third kappa shape index (κ3) is 5.03. The lowest BCUT2D eigenvalue weighted by atomic mass is 9.57. The highest BCUT2D eigenvalue weighted by atomic mass is 35.5. The molecule has 2 atom stereocenters. The zero-order valence-corrected chi connectivity index (χ0v) is 29.0. The van der Waals surface area contributed by atoms with E-state index in [-0.39, 0.29) is 34.8 Å². The zero-order chi connectivity index (χ0) is 35.4. The number of allylic oxidation sites excluding steroid dienone is 2. The molecule has 0 unspecified atom stereocenters. The second kappa shape index (κ2) is 12.0. The zero-order valence-electron chi connectivity index (χ0n) is 27.5. The van der Waals surface area contributed by atoms with E-state index >= 15 is 0 Å². The van der Waals surface area contributed by atoms with Gasteiger partial charge in [-0.1, -0.05) is 99.5 Å². The van der Waals surface area contributed by atoms with E-state index in [1.165, 1.54) is 12.2 Å². The van der Waals surface area contributed by atoms with Gasteiger partial charge < -0.3 is 19.4 Å². The van der Waals surface area contributed by atoms with Gasteiger partial charge in [0.2, 0.25) is 23.2 Å².